The second-order valence-corrected chi connectivity index (χ2v) is 5.34. The van der Waals surface area contributed by atoms with Crippen LogP contribution in [0.25, 0.3) is 10.8 Å². The molecule has 0 radical (unpaired) electrons. The number of halogens is 2. The molecule has 0 heterocycles. The molecule has 24 heavy (non-hydrogen) atoms. The van der Waals surface area contributed by atoms with Gasteiger partial charge in [0.1, 0.15) is 0 Å². The molecule has 0 fully saturated rings. The van der Waals surface area contributed by atoms with E-state index in [1.54, 1.807) is 0 Å². The molecule has 0 aliphatic carbocycles. The first-order chi connectivity index (χ1) is 11.6. The molecule has 5 heteroatoms. The number of anilines is 1. The van der Waals surface area contributed by atoms with Crippen LogP contribution >= 0.6 is 0 Å². The number of hydrogen-bond acceptors (Lipinski definition) is 2. The number of fused-ring (bicyclic) bond motifs is 1. The molecular weight excluding hydrogens is 310 g/mol. The second-order valence-electron chi connectivity index (χ2n) is 5.34. The highest BCUT2D eigenvalue weighted by Gasteiger charge is 2.09. The molecule has 0 aliphatic heterocycles. The SMILES string of the molecule is O=C(NCCNc1cccc2ccccc12)c1ccc(F)c(F)c1. The van der Waals surface area contributed by atoms with Crippen molar-refractivity contribution in [2.24, 2.45) is 0 Å². The predicted octanol–water partition coefficient (Wildman–Crippen LogP) is 3.96. The van der Waals surface area contributed by atoms with Crippen LogP contribution in [-0.4, -0.2) is 19.0 Å². The molecule has 0 saturated heterocycles. The van der Waals surface area contributed by atoms with Crippen LogP contribution in [0.1, 0.15) is 10.4 Å². The molecule has 0 aliphatic rings. The Balaban J connectivity index is 1.56. The van der Waals surface area contributed by atoms with Crippen LogP contribution in [0.15, 0.2) is 60.7 Å². The summed E-state index contributed by atoms with van der Waals surface area (Å²) in [6, 6.07) is 17.1. The van der Waals surface area contributed by atoms with Crippen molar-refractivity contribution < 1.29 is 13.6 Å². The largest absolute Gasteiger partial charge is 0.383 e. The number of carbonyl (C=O) groups excluding carboxylic acids is 1. The number of benzene rings is 3. The molecule has 2 N–H and O–H groups in total. The van der Waals surface area contributed by atoms with E-state index < -0.39 is 17.5 Å². The molecule has 3 aromatic carbocycles. The van der Waals surface area contributed by atoms with Gasteiger partial charge in [-0.05, 0) is 29.7 Å². The highest BCUT2D eigenvalue weighted by molar-refractivity contribution is 5.95. The average Bonchev–Trinajstić information content (AvgIpc) is 2.61. The van der Waals surface area contributed by atoms with Crippen LogP contribution in [0.2, 0.25) is 0 Å². The lowest BCUT2D eigenvalue weighted by Gasteiger charge is -2.10. The minimum atomic E-state index is -1.03. The Morgan fingerprint density at radius 3 is 2.50 bits per heavy atom. The molecule has 0 spiro atoms. The highest BCUT2D eigenvalue weighted by atomic mass is 19.2. The highest BCUT2D eigenvalue weighted by Crippen LogP contribution is 2.22. The Labute approximate surface area is 138 Å². The zero-order valence-corrected chi connectivity index (χ0v) is 12.9. The lowest BCUT2D eigenvalue weighted by atomic mass is 10.1. The van der Waals surface area contributed by atoms with E-state index >= 15 is 0 Å². The van der Waals surface area contributed by atoms with E-state index in [-0.39, 0.29) is 5.56 Å². The third kappa shape index (κ3) is 3.51. The maximum Gasteiger partial charge on any atom is 0.251 e. The summed E-state index contributed by atoms with van der Waals surface area (Å²) < 4.78 is 26.0. The summed E-state index contributed by atoms with van der Waals surface area (Å²) in [5.41, 5.74) is 1.08. The number of nitrogens with one attached hydrogen (secondary N) is 2. The van der Waals surface area contributed by atoms with Gasteiger partial charge in [0.15, 0.2) is 11.6 Å². The summed E-state index contributed by atoms with van der Waals surface area (Å²) in [5.74, 6) is -2.44. The molecule has 0 bridgehead atoms. The molecule has 3 aromatic rings. The van der Waals surface area contributed by atoms with Gasteiger partial charge in [0, 0.05) is 29.7 Å². The number of amides is 1. The van der Waals surface area contributed by atoms with Gasteiger partial charge in [-0.2, -0.15) is 0 Å². The molecule has 1 amide bonds. The van der Waals surface area contributed by atoms with Gasteiger partial charge in [0.2, 0.25) is 0 Å². The number of rotatable bonds is 5. The van der Waals surface area contributed by atoms with Crippen molar-refractivity contribution in [3.05, 3.63) is 77.9 Å². The van der Waals surface area contributed by atoms with E-state index in [4.69, 9.17) is 0 Å². The van der Waals surface area contributed by atoms with Gasteiger partial charge in [0.05, 0.1) is 0 Å². The topological polar surface area (TPSA) is 41.1 Å². The Kier molecular flexibility index (Phi) is 4.70. The van der Waals surface area contributed by atoms with Gasteiger partial charge < -0.3 is 10.6 Å². The van der Waals surface area contributed by atoms with E-state index in [0.29, 0.717) is 13.1 Å². The van der Waals surface area contributed by atoms with Crippen molar-refractivity contribution in [2.45, 2.75) is 0 Å². The summed E-state index contributed by atoms with van der Waals surface area (Å²) in [6.07, 6.45) is 0. The van der Waals surface area contributed by atoms with Crippen LogP contribution < -0.4 is 10.6 Å². The van der Waals surface area contributed by atoms with E-state index in [1.807, 2.05) is 42.5 Å². The van der Waals surface area contributed by atoms with Crippen molar-refractivity contribution in [3.8, 4) is 0 Å². The summed E-state index contributed by atoms with van der Waals surface area (Å²) >= 11 is 0. The van der Waals surface area contributed by atoms with Crippen molar-refractivity contribution >= 4 is 22.4 Å². The molecule has 0 unspecified atom stereocenters. The van der Waals surface area contributed by atoms with Gasteiger partial charge in [-0.3, -0.25) is 4.79 Å². The zero-order valence-electron chi connectivity index (χ0n) is 12.9. The van der Waals surface area contributed by atoms with Crippen LogP contribution in [0.5, 0.6) is 0 Å². The Bertz CT molecular complexity index is 875. The van der Waals surface area contributed by atoms with Crippen molar-refractivity contribution in [1.29, 1.82) is 0 Å². The first-order valence-corrected chi connectivity index (χ1v) is 7.60. The second kappa shape index (κ2) is 7.08. The Hall–Kier alpha value is -2.95. The Morgan fingerprint density at radius 2 is 1.67 bits per heavy atom. The number of hydrogen-bond donors (Lipinski definition) is 2. The summed E-state index contributed by atoms with van der Waals surface area (Å²) in [4.78, 5) is 11.9. The predicted molar refractivity (Wildman–Crippen MR) is 91.1 cm³/mol. The molecule has 0 atom stereocenters. The van der Waals surface area contributed by atoms with E-state index in [1.165, 1.54) is 6.07 Å². The smallest absolute Gasteiger partial charge is 0.251 e. The molecule has 0 aromatic heterocycles. The van der Waals surface area contributed by atoms with Gasteiger partial charge in [0.25, 0.3) is 5.91 Å². The monoisotopic (exact) mass is 326 g/mol. The third-order valence-corrected chi connectivity index (χ3v) is 3.70. The first-order valence-electron chi connectivity index (χ1n) is 7.60. The van der Waals surface area contributed by atoms with Gasteiger partial charge in [-0.15, -0.1) is 0 Å². The average molecular weight is 326 g/mol. The van der Waals surface area contributed by atoms with Crippen LogP contribution in [-0.2, 0) is 0 Å². The molecule has 3 nitrogen and oxygen atoms in total. The summed E-state index contributed by atoms with van der Waals surface area (Å²) in [7, 11) is 0. The maximum absolute atomic E-state index is 13.1. The minimum Gasteiger partial charge on any atom is -0.383 e. The van der Waals surface area contributed by atoms with Gasteiger partial charge >= 0.3 is 0 Å². The fraction of sp³-hybridized carbons (Fsp3) is 0.105. The first kappa shape index (κ1) is 15.9. The van der Waals surface area contributed by atoms with E-state index in [2.05, 4.69) is 10.6 Å². The quantitative estimate of drug-likeness (QED) is 0.697. The van der Waals surface area contributed by atoms with E-state index in [9.17, 15) is 13.6 Å². The Morgan fingerprint density at radius 1 is 0.875 bits per heavy atom. The standard InChI is InChI=1S/C19H16F2N2O/c20-16-9-8-14(12-17(16)21)19(24)23-11-10-22-18-7-3-5-13-4-1-2-6-15(13)18/h1-9,12,22H,10-11H2,(H,23,24). The maximum atomic E-state index is 13.1. The third-order valence-electron chi connectivity index (χ3n) is 3.70. The molecule has 3 rings (SSSR count). The zero-order chi connectivity index (χ0) is 16.9. The van der Waals surface area contributed by atoms with Crippen LogP contribution in [0, 0.1) is 11.6 Å². The van der Waals surface area contributed by atoms with Crippen LogP contribution in [0.4, 0.5) is 14.5 Å². The van der Waals surface area contributed by atoms with Gasteiger partial charge in [-0.25, -0.2) is 8.78 Å². The lowest BCUT2D eigenvalue weighted by molar-refractivity contribution is 0.0954. The normalized spacial score (nSPS) is 10.6. The molecule has 0 saturated carbocycles. The van der Waals surface area contributed by atoms with Crippen molar-refractivity contribution in [3.63, 3.8) is 0 Å². The van der Waals surface area contributed by atoms with Gasteiger partial charge in [-0.1, -0.05) is 36.4 Å². The minimum absolute atomic E-state index is 0.0964. The summed E-state index contributed by atoms with van der Waals surface area (Å²) in [5, 5.41) is 8.18. The lowest BCUT2D eigenvalue weighted by Crippen LogP contribution is -2.28. The van der Waals surface area contributed by atoms with Crippen molar-refractivity contribution in [1.82, 2.24) is 5.32 Å². The fourth-order valence-corrected chi connectivity index (χ4v) is 2.49. The van der Waals surface area contributed by atoms with E-state index in [0.717, 1.165) is 28.6 Å². The summed E-state index contributed by atoms with van der Waals surface area (Å²) in [6.45, 7) is 0.879. The number of carbonyl (C=O) groups is 1. The molecular formula is C19H16F2N2O. The van der Waals surface area contributed by atoms with Crippen molar-refractivity contribution in [2.75, 3.05) is 18.4 Å². The van der Waals surface area contributed by atoms with Crippen LogP contribution in [0.3, 0.4) is 0 Å². The molecule has 122 valence electrons. The fourth-order valence-electron chi connectivity index (χ4n) is 2.49.